The first-order valence-electron chi connectivity index (χ1n) is 5.88. The van der Waals surface area contributed by atoms with Gasteiger partial charge in [-0.05, 0) is 33.8 Å². The largest absolute Gasteiger partial charge is 0.353 e. The molecular formula is C12H18N4O3. The summed E-state index contributed by atoms with van der Waals surface area (Å²) in [4.78, 5) is 26.0. The molecule has 1 rings (SSSR count). The Kier molecular flexibility index (Phi) is 4.42. The average Bonchev–Trinajstić information content (AvgIpc) is 2.27. The fourth-order valence-electron chi connectivity index (χ4n) is 1.40. The maximum atomic E-state index is 11.9. The molecule has 0 aliphatic carbocycles. The SMILES string of the molecule is CC(Nc1ncccc1[N+](=O)[O-])C(=O)NC(C)(C)C. The lowest BCUT2D eigenvalue weighted by Gasteiger charge is -2.23. The van der Waals surface area contributed by atoms with E-state index in [2.05, 4.69) is 15.6 Å². The molecule has 7 nitrogen and oxygen atoms in total. The van der Waals surface area contributed by atoms with E-state index in [1.54, 1.807) is 6.92 Å². The Morgan fingerprint density at radius 2 is 2.11 bits per heavy atom. The summed E-state index contributed by atoms with van der Waals surface area (Å²) in [5, 5.41) is 16.4. The van der Waals surface area contributed by atoms with Gasteiger partial charge in [-0.1, -0.05) is 0 Å². The normalized spacial score (nSPS) is 12.6. The molecule has 0 bridgehead atoms. The van der Waals surface area contributed by atoms with E-state index < -0.39 is 11.0 Å². The number of anilines is 1. The van der Waals surface area contributed by atoms with Crippen LogP contribution in [0.3, 0.4) is 0 Å². The Morgan fingerprint density at radius 3 is 2.63 bits per heavy atom. The van der Waals surface area contributed by atoms with Gasteiger partial charge >= 0.3 is 5.69 Å². The van der Waals surface area contributed by atoms with Gasteiger partial charge in [-0.3, -0.25) is 14.9 Å². The Hall–Kier alpha value is -2.18. The van der Waals surface area contributed by atoms with E-state index in [9.17, 15) is 14.9 Å². The molecule has 0 fully saturated rings. The predicted octanol–water partition coefficient (Wildman–Crippen LogP) is 1.70. The van der Waals surface area contributed by atoms with Crippen LogP contribution in [0, 0.1) is 10.1 Å². The molecule has 0 radical (unpaired) electrons. The molecule has 0 saturated heterocycles. The van der Waals surface area contributed by atoms with Crippen molar-refractivity contribution in [3.05, 3.63) is 28.4 Å². The Morgan fingerprint density at radius 1 is 1.47 bits per heavy atom. The molecule has 104 valence electrons. The molecule has 0 aromatic carbocycles. The molecule has 1 heterocycles. The number of nitrogens with one attached hydrogen (secondary N) is 2. The number of pyridine rings is 1. The molecule has 0 saturated carbocycles. The molecule has 0 aliphatic rings. The molecular weight excluding hydrogens is 248 g/mol. The van der Waals surface area contributed by atoms with Crippen LogP contribution in [0.5, 0.6) is 0 Å². The number of amides is 1. The second kappa shape index (κ2) is 5.64. The topological polar surface area (TPSA) is 97.2 Å². The zero-order valence-corrected chi connectivity index (χ0v) is 11.4. The van der Waals surface area contributed by atoms with Gasteiger partial charge in [-0.15, -0.1) is 0 Å². The summed E-state index contributed by atoms with van der Waals surface area (Å²) in [7, 11) is 0. The van der Waals surface area contributed by atoms with Crippen LogP contribution in [-0.4, -0.2) is 27.4 Å². The highest BCUT2D eigenvalue weighted by atomic mass is 16.6. The highest BCUT2D eigenvalue weighted by Gasteiger charge is 2.22. The Bertz CT molecular complexity index is 482. The van der Waals surface area contributed by atoms with E-state index in [0.717, 1.165) is 0 Å². The van der Waals surface area contributed by atoms with Gasteiger partial charge in [0.2, 0.25) is 11.7 Å². The van der Waals surface area contributed by atoms with Gasteiger partial charge in [0.15, 0.2) is 0 Å². The molecule has 0 spiro atoms. The minimum absolute atomic E-state index is 0.0871. The highest BCUT2D eigenvalue weighted by Crippen LogP contribution is 2.21. The third-order valence-electron chi connectivity index (χ3n) is 2.23. The van der Waals surface area contributed by atoms with Crippen molar-refractivity contribution < 1.29 is 9.72 Å². The van der Waals surface area contributed by atoms with Crippen LogP contribution in [0.1, 0.15) is 27.7 Å². The third-order valence-corrected chi connectivity index (χ3v) is 2.23. The summed E-state index contributed by atoms with van der Waals surface area (Å²) in [5.41, 5.74) is -0.513. The summed E-state index contributed by atoms with van der Waals surface area (Å²) in [6.07, 6.45) is 1.43. The van der Waals surface area contributed by atoms with Gasteiger partial charge in [0.05, 0.1) is 4.92 Å². The van der Waals surface area contributed by atoms with Gasteiger partial charge in [-0.2, -0.15) is 0 Å². The smallest absolute Gasteiger partial charge is 0.311 e. The summed E-state index contributed by atoms with van der Waals surface area (Å²) < 4.78 is 0. The van der Waals surface area contributed by atoms with Crippen molar-refractivity contribution in [1.82, 2.24) is 10.3 Å². The number of nitro groups is 1. The van der Waals surface area contributed by atoms with Crippen molar-refractivity contribution >= 4 is 17.4 Å². The highest BCUT2D eigenvalue weighted by molar-refractivity contribution is 5.85. The maximum absolute atomic E-state index is 11.9. The lowest BCUT2D eigenvalue weighted by atomic mass is 10.1. The number of carbonyl (C=O) groups excluding carboxylic acids is 1. The Balaban J connectivity index is 2.80. The van der Waals surface area contributed by atoms with Crippen LogP contribution < -0.4 is 10.6 Å². The van der Waals surface area contributed by atoms with Crippen molar-refractivity contribution in [3.63, 3.8) is 0 Å². The van der Waals surface area contributed by atoms with E-state index in [1.807, 2.05) is 20.8 Å². The van der Waals surface area contributed by atoms with Crippen molar-refractivity contribution in [1.29, 1.82) is 0 Å². The number of hydrogen-bond acceptors (Lipinski definition) is 5. The van der Waals surface area contributed by atoms with Gasteiger partial charge in [0, 0.05) is 17.8 Å². The fourth-order valence-corrected chi connectivity index (χ4v) is 1.40. The lowest BCUT2D eigenvalue weighted by molar-refractivity contribution is -0.384. The molecule has 0 aliphatic heterocycles. The lowest BCUT2D eigenvalue weighted by Crippen LogP contribution is -2.47. The van der Waals surface area contributed by atoms with Crippen LogP contribution in [0.25, 0.3) is 0 Å². The van der Waals surface area contributed by atoms with E-state index in [0.29, 0.717) is 0 Å². The van der Waals surface area contributed by atoms with Gasteiger partial charge in [-0.25, -0.2) is 4.98 Å². The second-order valence-electron chi connectivity index (χ2n) is 5.23. The summed E-state index contributed by atoms with van der Waals surface area (Å²) in [5.74, 6) is -0.156. The van der Waals surface area contributed by atoms with Gasteiger partial charge in [0.1, 0.15) is 6.04 Å². The summed E-state index contributed by atoms with van der Waals surface area (Å²) in [6.45, 7) is 7.21. The minimum atomic E-state index is -0.618. The number of hydrogen-bond donors (Lipinski definition) is 2. The zero-order valence-electron chi connectivity index (χ0n) is 11.4. The first-order chi connectivity index (χ1) is 8.70. The van der Waals surface area contributed by atoms with Crippen LogP contribution in [-0.2, 0) is 4.79 Å². The standard InChI is InChI=1S/C12H18N4O3/c1-8(11(17)15-12(2,3)4)14-10-9(16(18)19)6-5-7-13-10/h5-8H,1-4H3,(H,13,14)(H,15,17). The number of rotatable bonds is 4. The van der Waals surface area contributed by atoms with E-state index >= 15 is 0 Å². The van der Waals surface area contributed by atoms with Crippen molar-refractivity contribution in [2.45, 2.75) is 39.3 Å². The van der Waals surface area contributed by atoms with Crippen molar-refractivity contribution in [2.24, 2.45) is 0 Å². The second-order valence-corrected chi connectivity index (χ2v) is 5.23. The van der Waals surface area contributed by atoms with Gasteiger partial charge < -0.3 is 10.6 Å². The molecule has 1 aromatic heterocycles. The van der Waals surface area contributed by atoms with Crippen LogP contribution in [0.4, 0.5) is 11.5 Å². The van der Waals surface area contributed by atoms with E-state index in [-0.39, 0.29) is 23.0 Å². The van der Waals surface area contributed by atoms with Crippen LogP contribution in [0.2, 0.25) is 0 Å². The number of nitrogens with zero attached hydrogens (tertiary/aromatic N) is 2. The minimum Gasteiger partial charge on any atom is -0.353 e. The molecule has 19 heavy (non-hydrogen) atoms. The third kappa shape index (κ3) is 4.53. The molecule has 2 N–H and O–H groups in total. The van der Waals surface area contributed by atoms with Crippen molar-refractivity contribution in [2.75, 3.05) is 5.32 Å². The van der Waals surface area contributed by atoms with Crippen molar-refractivity contribution in [3.8, 4) is 0 Å². The molecule has 1 amide bonds. The average molecular weight is 266 g/mol. The number of carbonyl (C=O) groups is 1. The first-order valence-corrected chi connectivity index (χ1v) is 5.88. The van der Waals surface area contributed by atoms with E-state index in [4.69, 9.17) is 0 Å². The summed E-state index contributed by atoms with van der Waals surface area (Å²) in [6, 6.07) is 2.19. The van der Waals surface area contributed by atoms with E-state index in [1.165, 1.54) is 18.3 Å². The molecule has 1 atom stereocenters. The molecule has 7 heteroatoms. The molecule has 1 unspecified atom stereocenters. The summed E-state index contributed by atoms with van der Waals surface area (Å²) >= 11 is 0. The quantitative estimate of drug-likeness (QED) is 0.638. The van der Waals surface area contributed by atoms with Crippen LogP contribution in [0.15, 0.2) is 18.3 Å². The monoisotopic (exact) mass is 266 g/mol. The predicted molar refractivity (Wildman–Crippen MR) is 71.9 cm³/mol. The van der Waals surface area contributed by atoms with Gasteiger partial charge in [0.25, 0.3) is 0 Å². The Labute approximate surface area is 111 Å². The molecule has 1 aromatic rings. The van der Waals surface area contributed by atoms with Crippen LogP contribution >= 0.6 is 0 Å². The maximum Gasteiger partial charge on any atom is 0.311 e. The first kappa shape index (κ1) is 14.9. The zero-order chi connectivity index (χ0) is 14.6. The number of aromatic nitrogens is 1. The fraction of sp³-hybridized carbons (Fsp3) is 0.500.